The van der Waals surface area contributed by atoms with Gasteiger partial charge in [0.2, 0.25) is 0 Å². The van der Waals surface area contributed by atoms with Crippen molar-refractivity contribution >= 4 is 23.2 Å². The third-order valence-corrected chi connectivity index (χ3v) is 3.11. The number of furan rings is 1. The minimum absolute atomic E-state index is 0.0823. The number of carbonyl (C=O) groups is 2. The fourth-order valence-corrected chi connectivity index (χ4v) is 2.03. The normalized spacial score (nSPS) is 10.1. The summed E-state index contributed by atoms with van der Waals surface area (Å²) in [6.07, 6.45) is 1.52. The molecule has 0 aromatic carbocycles. The quantitative estimate of drug-likeness (QED) is 0.841. The number of nitrogens with one attached hydrogen (secondary N) is 1. The first-order valence-corrected chi connectivity index (χ1v) is 6.27. The Morgan fingerprint density at radius 1 is 1.42 bits per heavy atom. The molecule has 2 aromatic rings. The van der Waals surface area contributed by atoms with Crippen molar-refractivity contribution in [2.45, 2.75) is 6.54 Å². The Kier molecular flexibility index (Phi) is 4.19. The first-order valence-electron chi connectivity index (χ1n) is 5.39. The second-order valence-corrected chi connectivity index (χ2v) is 4.48. The number of carboxylic acid groups (broad SMARTS) is 1. The first-order chi connectivity index (χ1) is 9.16. The Morgan fingerprint density at radius 3 is 2.95 bits per heavy atom. The standard InChI is InChI=1S/C12H11NO5S/c14-10(13-6-8-2-1-4-17-8)7-18-9-3-5-19-11(9)12(15)16/h1-5H,6-7H2,(H,13,14)(H,15,16). The molecule has 0 aliphatic rings. The fourth-order valence-electron chi connectivity index (χ4n) is 1.36. The molecule has 0 saturated heterocycles. The van der Waals surface area contributed by atoms with Crippen LogP contribution in [0.1, 0.15) is 15.4 Å². The van der Waals surface area contributed by atoms with Crippen LogP contribution in [0.25, 0.3) is 0 Å². The number of aromatic carboxylic acids is 1. The molecular formula is C12H11NO5S. The van der Waals surface area contributed by atoms with Crippen LogP contribution < -0.4 is 10.1 Å². The van der Waals surface area contributed by atoms with Crippen LogP contribution in [0.15, 0.2) is 34.3 Å². The summed E-state index contributed by atoms with van der Waals surface area (Å²) in [5.74, 6) is -0.583. The van der Waals surface area contributed by atoms with Crippen molar-refractivity contribution in [3.8, 4) is 5.75 Å². The lowest BCUT2D eigenvalue weighted by atomic mass is 10.4. The van der Waals surface area contributed by atoms with Gasteiger partial charge in [-0.25, -0.2) is 4.79 Å². The molecule has 0 radical (unpaired) electrons. The molecule has 100 valence electrons. The maximum absolute atomic E-state index is 11.5. The molecule has 7 heteroatoms. The number of carboxylic acids is 1. The van der Waals surface area contributed by atoms with Crippen LogP contribution in [0.4, 0.5) is 0 Å². The maximum Gasteiger partial charge on any atom is 0.349 e. The van der Waals surface area contributed by atoms with Gasteiger partial charge in [0, 0.05) is 0 Å². The second-order valence-electron chi connectivity index (χ2n) is 3.56. The van der Waals surface area contributed by atoms with E-state index in [0.29, 0.717) is 5.76 Å². The van der Waals surface area contributed by atoms with Crippen LogP contribution in [0.3, 0.4) is 0 Å². The highest BCUT2D eigenvalue weighted by atomic mass is 32.1. The molecule has 1 amide bonds. The summed E-state index contributed by atoms with van der Waals surface area (Å²) in [6.45, 7) is 0.0301. The number of carbonyl (C=O) groups excluding carboxylic acids is 1. The zero-order chi connectivity index (χ0) is 13.7. The van der Waals surface area contributed by atoms with Gasteiger partial charge in [-0.1, -0.05) is 0 Å². The van der Waals surface area contributed by atoms with Gasteiger partial charge in [0.15, 0.2) is 11.5 Å². The molecule has 2 aromatic heterocycles. The van der Waals surface area contributed by atoms with Crippen molar-refractivity contribution in [1.29, 1.82) is 0 Å². The summed E-state index contributed by atoms with van der Waals surface area (Å²) in [7, 11) is 0. The van der Waals surface area contributed by atoms with Gasteiger partial charge in [0.05, 0.1) is 12.8 Å². The van der Waals surface area contributed by atoms with Crippen LogP contribution >= 0.6 is 11.3 Å². The minimum atomic E-state index is -1.07. The minimum Gasteiger partial charge on any atom is -0.482 e. The molecule has 0 aliphatic carbocycles. The smallest absolute Gasteiger partial charge is 0.349 e. The van der Waals surface area contributed by atoms with Gasteiger partial charge >= 0.3 is 5.97 Å². The fraction of sp³-hybridized carbons (Fsp3) is 0.167. The highest BCUT2D eigenvalue weighted by Gasteiger charge is 2.14. The lowest BCUT2D eigenvalue weighted by Crippen LogP contribution is -2.28. The van der Waals surface area contributed by atoms with Crippen LogP contribution in [-0.4, -0.2) is 23.6 Å². The predicted octanol–water partition coefficient (Wildman–Crippen LogP) is 1.73. The largest absolute Gasteiger partial charge is 0.482 e. The Labute approximate surface area is 112 Å². The Balaban J connectivity index is 1.80. The van der Waals surface area contributed by atoms with Crippen molar-refractivity contribution in [2.24, 2.45) is 0 Å². The number of rotatable bonds is 6. The Hall–Kier alpha value is -2.28. The van der Waals surface area contributed by atoms with E-state index in [1.54, 1.807) is 17.5 Å². The Morgan fingerprint density at radius 2 is 2.26 bits per heavy atom. The predicted molar refractivity (Wildman–Crippen MR) is 67.3 cm³/mol. The highest BCUT2D eigenvalue weighted by Crippen LogP contribution is 2.24. The monoisotopic (exact) mass is 281 g/mol. The SMILES string of the molecule is O=C(COc1ccsc1C(=O)O)NCc1ccco1. The third kappa shape index (κ3) is 3.59. The zero-order valence-corrected chi connectivity index (χ0v) is 10.6. The molecule has 19 heavy (non-hydrogen) atoms. The molecule has 6 nitrogen and oxygen atoms in total. The van der Waals surface area contributed by atoms with Crippen LogP contribution in [0.5, 0.6) is 5.75 Å². The molecular weight excluding hydrogens is 270 g/mol. The maximum atomic E-state index is 11.5. The Bertz CT molecular complexity index is 560. The molecule has 2 heterocycles. The molecule has 2 N–H and O–H groups in total. The van der Waals surface area contributed by atoms with Gasteiger partial charge < -0.3 is 19.6 Å². The zero-order valence-electron chi connectivity index (χ0n) is 9.79. The number of amides is 1. The van der Waals surface area contributed by atoms with Gasteiger partial charge in [0.1, 0.15) is 11.5 Å². The molecule has 0 spiro atoms. The van der Waals surface area contributed by atoms with Crippen molar-refractivity contribution in [3.05, 3.63) is 40.5 Å². The van der Waals surface area contributed by atoms with Crippen LogP contribution in [0, 0.1) is 0 Å². The summed E-state index contributed by atoms with van der Waals surface area (Å²) in [5.41, 5.74) is 0. The first kappa shape index (κ1) is 13.2. The third-order valence-electron chi connectivity index (χ3n) is 2.22. The van der Waals surface area contributed by atoms with Crippen molar-refractivity contribution in [3.63, 3.8) is 0 Å². The molecule has 0 bridgehead atoms. The number of ether oxygens (including phenoxy) is 1. The summed E-state index contributed by atoms with van der Waals surface area (Å²) < 4.78 is 10.2. The van der Waals surface area contributed by atoms with Crippen LogP contribution in [0.2, 0.25) is 0 Å². The van der Waals surface area contributed by atoms with E-state index in [0.717, 1.165) is 11.3 Å². The molecule has 2 rings (SSSR count). The van der Waals surface area contributed by atoms with E-state index in [2.05, 4.69) is 5.32 Å². The van der Waals surface area contributed by atoms with Gasteiger partial charge in [-0.15, -0.1) is 11.3 Å². The van der Waals surface area contributed by atoms with Crippen molar-refractivity contribution in [1.82, 2.24) is 5.32 Å². The summed E-state index contributed by atoms with van der Waals surface area (Å²) in [6, 6.07) is 4.99. The summed E-state index contributed by atoms with van der Waals surface area (Å²) in [5, 5.41) is 13.1. The van der Waals surface area contributed by atoms with E-state index in [-0.39, 0.29) is 29.7 Å². The molecule has 0 aliphatic heterocycles. The van der Waals surface area contributed by atoms with Crippen LogP contribution in [-0.2, 0) is 11.3 Å². The van der Waals surface area contributed by atoms with Crippen molar-refractivity contribution < 1.29 is 23.8 Å². The van der Waals surface area contributed by atoms with Gasteiger partial charge in [-0.3, -0.25) is 4.79 Å². The van der Waals surface area contributed by atoms with Gasteiger partial charge in [0.25, 0.3) is 5.91 Å². The number of hydrogen-bond acceptors (Lipinski definition) is 5. The van der Waals surface area contributed by atoms with E-state index in [9.17, 15) is 9.59 Å². The molecule has 0 atom stereocenters. The lowest BCUT2D eigenvalue weighted by Gasteiger charge is -2.05. The average molecular weight is 281 g/mol. The second kappa shape index (κ2) is 6.05. The van der Waals surface area contributed by atoms with E-state index in [1.165, 1.54) is 12.3 Å². The van der Waals surface area contributed by atoms with E-state index in [4.69, 9.17) is 14.3 Å². The summed E-state index contributed by atoms with van der Waals surface area (Å²) in [4.78, 5) is 22.4. The number of hydrogen-bond donors (Lipinski definition) is 2. The van der Waals surface area contributed by atoms with Crippen molar-refractivity contribution in [2.75, 3.05) is 6.61 Å². The van der Waals surface area contributed by atoms with E-state index >= 15 is 0 Å². The van der Waals surface area contributed by atoms with E-state index < -0.39 is 5.97 Å². The summed E-state index contributed by atoms with van der Waals surface area (Å²) >= 11 is 1.05. The van der Waals surface area contributed by atoms with Gasteiger partial charge in [-0.05, 0) is 23.6 Å². The molecule has 0 saturated carbocycles. The highest BCUT2D eigenvalue weighted by molar-refractivity contribution is 7.12. The molecule has 0 unspecified atom stereocenters. The molecule has 0 fully saturated rings. The average Bonchev–Trinajstić information content (AvgIpc) is 3.04. The van der Waals surface area contributed by atoms with Gasteiger partial charge in [-0.2, -0.15) is 0 Å². The topological polar surface area (TPSA) is 88.8 Å². The van der Waals surface area contributed by atoms with E-state index in [1.807, 2.05) is 0 Å². The number of thiophene rings is 1. The lowest BCUT2D eigenvalue weighted by molar-refractivity contribution is -0.123.